The molecule has 3 N–H and O–H groups in total. The molecule has 1 saturated heterocycles. The Labute approximate surface area is 207 Å². The SMILES string of the molecule is C=CCn1c(=O)c2cnc(Nc3ccc(N4CCOCC4)c(C)c3)nc2n1-c1cccc(C(N)=O)c1. The van der Waals surface area contributed by atoms with Crippen LogP contribution in [0.5, 0.6) is 0 Å². The van der Waals surface area contributed by atoms with E-state index in [0.717, 1.165) is 37.6 Å². The second kappa shape index (κ2) is 9.67. The van der Waals surface area contributed by atoms with E-state index in [1.54, 1.807) is 35.0 Å². The van der Waals surface area contributed by atoms with Gasteiger partial charge >= 0.3 is 0 Å². The van der Waals surface area contributed by atoms with E-state index in [9.17, 15) is 9.59 Å². The summed E-state index contributed by atoms with van der Waals surface area (Å²) in [5.41, 5.74) is 9.66. The van der Waals surface area contributed by atoms with Crippen LogP contribution in [0.4, 0.5) is 17.3 Å². The fraction of sp³-hybridized carbons (Fsp3) is 0.231. The molecule has 2 aromatic carbocycles. The molecule has 0 atom stereocenters. The number of carbonyl (C=O) groups is 1. The van der Waals surface area contributed by atoms with Crippen LogP contribution in [-0.4, -0.2) is 51.5 Å². The van der Waals surface area contributed by atoms with Crippen molar-refractivity contribution in [2.75, 3.05) is 36.5 Å². The summed E-state index contributed by atoms with van der Waals surface area (Å²) in [6, 6.07) is 12.9. The molecule has 1 amide bonds. The standard InChI is InChI=1S/C26H27N7O3/c1-3-9-32-25(35)21-16-28-26(30-24(21)33(32)20-6-4-5-18(15-20)23(27)34)29-19-7-8-22(17(2)14-19)31-10-12-36-13-11-31/h3-8,14-16H,1,9-13H2,2H3,(H2,27,34)(H,28,29,30). The second-order valence-electron chi connectivity index (χ2n) is 8.56. The van der Waals surface area contributed by atoms with Gasteiger partial charge in [-0.15, -0.1) is 6.58 Å². The molecule has 3 heterocycles. The Bertz CT molecular complexity index is 1520. The fourth-order valence-electron chi connectivity index (χ4n) is 4.45. The van der Waals surface area contributed by atoms with E-state index in [4.69, 9.17) is 10.5 Å². The largest absolute Gasteiger partial charge is 0.378 e. The lowest BCUT2D eigenvalue weighted by Crippen LogP contribution is -2.36. The Morgan fingerprint density at radius 1 is 1.22 bits per heavy atom. The molecule has 2 aromatic heterocycles. The monoisotopic (exact) mass is 485 g/mol. The quantitative estimate of drug-likeness (QED) is 0.386. The number of benzene rings is 2. The first-order chi connectivity index (χ1) is 17.5. The highest BCUT2D eigenvalue weighted by Gasteiger charge is 2.18. The van der Waals surface area contributed by atoms with Crippen LogP contribution in [0.25, 0.3) is 16.7 Å². The topological polar surface area (TPSA) is 120 Å². The van der Waals surface area contributed by atoms with Gasteiger partial charge in [0.05, 0.1) is 25.4 Å². The van der Waals surface area contributed by atoms with Crippen LogP contribution in [-0.2, 0) is 11.3 Å². The smallest absolute Gasteiger partial charge is 0.278 e. The average molecular weight is 486 g/mol. The average Bonchev–Trinajstić information content (AvgIpc) is 3.15. The molecule has 10 heteroatoms. The lowest BCUT2D eigenvalue weighted by molar-refractivity contribution is 0.1000. The van der Waals surface area contributed by atoms with Crippen molar-refractivity contribution in [3.8, 4) is 5.69 Å². The van der Waals surface area contributed by atoms with E-state index in [2.05, 4.69) is 39.8 Å². The molecule has 1 fully saturated rings. The number of hydrogen-bond donors (Lipinski definition) is 2. The summed E-state index contributed by atoms with van der Waals surface area (Å²) in [7, 11) is 0. The number of fused-ring (bicyclic) bond motifs is 1. The van der Waals surface area contributed by atoms with Crippen molar-refractivity contribution >= 4 is 34.3 Å². The highest BCUT2D eigenvalue weighted by atomic mass is 16.5. The van der Waals surface area contributed by atoms with Crippen molar-refractivity contribution in [2.24, 2.45) is 5.73 Å². The summed E-state index contributed by atoms with van der Waals surface area (Å²) >= 11 is 0. The molecule has 184 valence electrons. The molecule has 10 nitrogen and oxygen atoms in total. The van der Waals surface area contributed by atoms with Crippen molar-refractivity contribution in [1.29, 1.82) is 0 Å². The highest BCUT2D eigenvalue weighted by molar-refractivity contribution is 5.93. The maximum absolute atomic E-state index is 13.1. The number of primary amides is 1. The zero-order valence-electron chi connectivity index (χ0n) is 20.0. The van der Waals surface area contributed by atoms with Gasteiger partial charge in [-0.3, -0.25) is 9.59 Å². The highest BCUT2D eigenvalue weighted by Crippen LogP contribution is 2.26. The van der Waals surface area contributed by atoms with Crippen LogP contribution in [0.15, 0.2) is 66.1 Å². The minimum absolute atomic E-state index is 0.251. The zero-order valence-corrected chi connectivity index (χ0v) is 20.0. The van der Waals surface area contributed by atoms with E-state index in [1.807, 2.05) is 12.1 Å². The molecular weight excluding hydrogens is 458 g/mol. The molecule has 5 rings (SSSR count). The van der Waals surface area contributed by atoms with Crippen LogP contribution in [0.1, 0.15) is 15.9 Å². The number of nitrogens with two attached hydrogens (primary N) is 1. The van der Waals surface area contributed by atoms with Gasteiger partial charge in [-0.05, 0) is 48.9 Å². The summed E-state index contributed by atoms with van der Waals surface area (Å²) in [4.78, 5) is 36.2. The number of allylic oxidation sites excluding steroid dienone is 1. The molecule has 1 aliphatic heterocycles. The number of morpholine rings is 1. The molecule has 36 heavy (non-hydrogen) atoms. The summed E-state index contributed by atoms with van der Waals surface area (Å²) in [6.07, 6.45) is 3.14. The van der Waals surface area contributed by atoms with Gasteiger partial charge in [0.15, 0.2) is 5.65 Å². The molecule has 1 aliphatic rings. The molecule has 0 spiro atoms. The zero-order chi connectivity index (χ0) is 25.2. The van der Waals surface area contributed by atoms with Crippen molar-refractivity contribution in [3.05, 3.63) is 82.8 Å². The number of aryl methyl sites for hydroxylation is 1. The number of carbonyl (C=O) groups excluding carboxylic acids is 1. The third kappa shape index (κ3) is 4.34. The van der Waals surface area contributed by atoms with E-state index in [1.165, 1.54) is 16.6 Å². The van der Waals surface area contributed by atoms with Gasteiger partial charge < -0.3 is 20.7 Å². The summed E-state index contributed by atoms with van der Waals surface area (Å²) in [5.74, 6) is -0.213. The summed E-state index contributed by atoms with van der Waals surface area (Å²) in [6.45, 7) is 9.26. The Kier molecular flexibility index (Phi) is 6.26. The van der Waals surface area contributed by atoms with Crippen LogP contribution in [0, 0.1) is 6.92 Å². The first-order valence-corrected chi connectivity index (χ1v) is 11.7. The van der Waals surface area contributed by atoms with E-state index in [-0.39, 0.29) is 12.1 Å². The lowest BCUT2D eigenvalue weighted by atomic mass is 10.1. The molecule has 0 bridgehead atoms. The number of nitrogens with zero attached hydrogens (tertiary/aromatic N) is 5. The Morgan fingerprint density at radius 2 is 2.03 bits per heavy atom. The van der Waals surface area contributed by atoms with Crippen LogP contribution in [0.2, 0.25) is 0 Å². The number of rotatable bonds is 7. The molecule has 0 saturated carbocycles. The summed E-state index contributed by atoms with van der Waals surface area (Å²) < 4.78 is 8.61. The number of amides is 1. The lowest BCUT2D eigenvalue weighted by Gasteiger charge is -2.30. The third-order valence-electron chi connectivity index (χ3n) is 6.16. The second-order valence-corrected chi connectivity index (χ2v) is 8.56. The number of ether oxygens (including phenoxy) is 1. The number of aromatic nitrogens is 4. The first-order valence-electron chi connectivity index (χ1n) is 11.7. The van der Waals surface area contributed by atoms with Crippen LogP contribution >= 0.6 is 0 Å². The minimum atomic E-state index is -0.557. The predicted molar refractivity (Wildman–Crippen MR) is 139 cm³/mol. The van der Waals surface area contributed by atoms with E-state index < -0.39 is 5.91 Å². The van der Waals surface area contributed by atoms with Gasteiger partial charge in [0.1, 0.15) is 5.39 Å². The molecule has 0 aliphatic carbocycles. The maximum atomic E-state index is 13.1. The molecule has 0 radical (unpaired) electrons. The number of anilines is 3. The van der Waals surface area contributed by atoms with Gasteiger partial charge in [-0.2, -0.15) is 4.98 Å². The molecule has 4 aromatic rings. The van der Waals surface area contributed by atoms with Crippen LogP contribution in [0.3, 0.4) is 0 Å². The Morgan fingerprint density at radius 3 is 2.75 bits per heavy atom. The minimum Gasteiger partial charge on any atom is -0.378 e. The fourth-order valence-corrected chi connectivity index (χ4v) is 4.45. The molecular formula is C26H27N7O3. The van der Waals surface area contributed by atoms with Gasteiger partial charge in [0.25, 0.3) is 5.56 Å². The maximum Gasteiger partial charge on any atom is 0.278 e. The summed E-state index contributed by atoms with van der Waals surface area (Å²) in [5, 5.41) is 3.60. The normalized spacial score (nSPS) is 13.6. The van der Waals surface area contributed by atoms with Gasteiger partial charge in [0, 0.05) is 36.2 Å². The van der Waals surface area contributed by atoms with Gasteiger partial charge in [-0.1, -0.05) is 12.1 Å². The van der Waals surface area contributed by atoms with Crippen molar-refractivity contribution < 1.29 is 9.53 Å². The van der Waals surface area contributed by atoms with Crippen LogP contribution < -0.4 is 21.5 Å². The first kappa shape index (κ1) is 23.3. The van der Waals surface area contributed by atoms with Gasteiger partial charge in [0.2, 0.25) is 11.9 Å². The predicted octanol–water partition coefficient (Wildman–Crippen LogP) is 2.76. The number of hydrogen-bond acceptors (Lipinski definition) is 7. The Balaban J connectivity index is 1.54. The Hall–Kier alpha value is -4.44. The van der Waals surface area contributed by atoms with Crippen molar-refractivity contribution in [1.82, 2.24) is 19.3 Å². The molecule has 0 unspecified atom stereocenters. The number of nitrogens with one attached hydrogen (secondary N) is 1. The van der Waals surface area contributed by atoms with Gasteiger partial charge in [-0.25, -0.2) is 14.3 Å². The van der Waals surface area contributed by atoms with E-state index >= 15 is 0 Å². The van der Waals surface area contributed by atoms with Crippen molar-refractivity contribution in [2.45, 2.75) is 13.5 Å². The third-order valence-corrected chi connectivity index (χ3v) is 6.16. The van der Waals surface area contributed by atoms with Crippen molar-refractivity contribution in [3.63, 3.8) is 0 Å². The van der Waals surface area contributed by atoms with E-state index in [0.29, 0.717) is 28.2 Å².